The maximum atomic E-state index is 9.96. The van der Waals surface area contributed by atoms with Crippen molar-refractivity contribution in [1.82, 2.24) is 20.0 Å². The summed E-state index contributed by atoms with van der Waals surface area (Å²) in [7, 11) is 0. The summed E-state index contributed by atoms with van der Waals surface area (Å²) in [6, 6.07) is 9.56. The number of anilines is 2. The maximum absolute atomic E-state index is 9.96. The van der Waals surface area contributed by atoms with E-state index in [4.69, 9.17) is 11.6 Å². The van der Waals surface area contributed by atoms with Crippen molar-refractivity contribution in [2.45, 2.75) is 19.4 Å². The molecule has 1 aliphatic rings. The van der Waals surface area contributed by atoms with Gasteiger partial charge in [0.1, 0.15) is 5.02 Å². The second-order valence-electron chi connectivity index (χ2n) is 6.30. The second-order valence-corrected chi connectivity index (χ2v) is 6.71. The van der Waals surface area contributed by atoms with Gasteiger partial charge in [0.05, 0.1) is 30.2 Å². The minimum absolute atomic E-state index is 0.150. The molecule has 2 heterocycles. The predicted molar refractivity (Wildman–Crippen MR) is 104 cm³/mol. The molecular formula is C18H21ClN6O2. The number of allylic oxidation sites excluding steroid dienone is 1. The summed E-state index contributed by atoms with van der Waals surface area (Å²) in [6.07, 6.45) is 6.24. The number of nitrogens with one attached hydrogen (secondary N) is 2. The number of hydroxylamine groups is 2. The Labute approximate surface area is 162 Å². The molecule has 0 amide bonds. The Kier molecular flexibility index (Phi) is 5.50. The Morgan fingerprint density at radius 1 is 1.22 bits per heavy atom. The van der Waals surface area contributed by atoms with Crippen LogP contribution >= 0.6 is 11.6 Å². The maximum Gasteiger partial charge on any atom is 0.244 e. The van der Waals surface area contributed by atoms with Crippen molar-refractivity contribution >= 4 is 23.4 Å². The number of rotatable bonds is 6. The van der Waals surface area contributed by atoms with Gasteiger partial charge in [-0.2, -0.15) is 4.98 Å². The minimum atomic E-state index is -0.768. The van der Waals surface area contributed by atoms with Gasteiger partial charge in [0.25, 0.3) is 0 Å². The van der Waals surface area contributed by atoms with E-state index in [0.717, 1.165) is 10.6 Å². The van der Waals surface area contributed by atoms with E-state index in [1.807, 2.05) is 37.3 Å². The van der Waals surface area contributed by atoms with Crippen LogP contribution in [0.4, 0.5) is 11.8 Å². The molecule has 0 aliphatic carbocycles. The van der Waals surface area contributed by atoms with Gasteiger partial charge in [0.15, 0.2) is 5.82 Å². The van der Waals surface area contributed by atoms with Gasteiger partial charge in [-0.1, -0.05) is 41.9 Å². The van der Waals surface area contributed by atoms with Crippen molar-refractivity contribution in [2.75, 3.05) is 17.3 Å². The second kappa shape index (κ2) is 7.83. The van der Waals surface area contributed by atoms with Gasteiger partial charge < -0.3 is 10.4 Å². The van der Waals surface area contributed by atoms with Gasteiger partial charge >= 0.3 is 0 Å². The molecule has 8 nitrogen and oxygen atoms in total. The van der Waals surface area contributed by atoms with Crippen molar-refractivity contribution in [1.29, 1.82) is 0 Å². The summed E-state index contributed by atoms with van der Waals surface area (Å²) in [6.45, 7) is 3.47. The third kappa shape index (κ3) is 4.30. The smallest absolute Gasteiger partial charge is 0.244 e. The molecule has 1 atom stereocenters. The van der Waals surface area contributed by atoms with E-state index in [0.29, 0.717) is 22.5 Å². The number of aliphatic hydroxyl groups is 1. The Hall–Kier alpha value is -2.81. The zero-order valence-corrected chi connectivity index (χ0v) is 15.7. The topological polar surface area (TPSA) is 96.8 Å². The summed E-state index contributed by atoms with van der Waals surface area (Å²) in [5.74, 6) is 0.690. The summed E-state index contributed by atoms with van der Waals surface area (Å²) < 4.78 is 0. The molecule has 0 spiro atoms. The first-order valence-corrected chi connectivity index (χ1v) is 8.66. The van der Waals surface area contributed by atoms with Crippen LogP contribution in [0.3, 0.4) is 0 Å². The fourth-order valence-electron chi connectivity index (χ4n) is 2.52. The molecule has 0 radical (unpaired) electrons. The van der Waals surface area contributed by atoms with Crippen LogP contribution in [0, 0.1) is 0 Å². The molecule has 2 aromatic rings. The highest BCUT2D eigenvalue weighted by Gasteiger charge is 2.27. The molecule has 27 heavy (non-hydrogen) atoms. The molecule has 9 heteroatoms. The summed E-state index contributed by atoms with van der Waals surface area (Å²) >= 11 is 6.26. The highest BCUT2D eigenvalue weighted by Crippen LogP contribution is 2.29. The average Bonchev–Trinajstić information content (AvgIpc) is 2.68. The molecule has 0 saturated heterocycles. The molecule has 3 rings (SSSR count). The minimum Gasteiger partial charge on any atom is -0.394 e. The Morgan fingerprint density at radius 3 is 2.63 bits per heavy atom. The van der Waals surface area contributed by atoms with Gasteiger partial charge in [-0.25, -0.2) is 10.0 Å². The fraction of sp³-hybridized carbons (Fsp3) is 0.222. The van der Waals surface area contributed by atoms with Gasteiger partial charge in [-0.15, -0.1) is 0 Å². The highest BCUT2D eigenvalue weighted by atomic mass is 35.5. The van der Waals surface area contributed by atoms with Crippen molar-refractivity contribution in [3.8, 4) is 0 Å². The van der Waals surface area contributed by atoms with Crippen LogP contribution in [0.2, 0.25) is 5.02 Å². The normalized spacial score (nSPS) is 16.0. The van der Waals surface area contributed by atoms with E-state index in [-0.39, 0.29) is 6.61 Å². The summed E-state index contributed by atoms with van der Waals surface area (Å²) in [5, 5.41) is 25.7. The first-order chi connectivity index (χ1) is 12.9. The van der Waals surface area contributed by atoms with Crippen LogP contribution < -0.4 is 10.7 Å². The SMILES string of the molecule is CC1=CN(Nc2ncc(Cl)c(NC(C)(CO)c3ccccc3)n2)C=CN1O. The molecule has 4 N–H and O–H groups in total. The van der Waals surface area contributed by atoms with E-state index in [1.54, 1.807) is 24.3 Å². The summed E-state index contributed by atoms with van der Waals surface area (Å²) in [4.78, 5) is 8.58. The van der Waals surface area contributed by atoms with E-state index in [1.165, 1.54) is 12.4 Å². The van der Waals surface area contributed by atoms with Gasteiger partial charge in [0, 0.05) is 12.4 Å². The van der Waals surface area contributed by atoms with Gasteiger partial charge in [0.2, 0.25) is 5.95 Å². The zero-order valence-electron chi connectivity index (χ0n) is 15.0. The van der Waals surface area contributed by atoms with E-state index in [2.05, 4.69) is 20.7 Å². The number of nitrogens with zero attached hydrogens (tertiary/aromatic N) is 4. The lowest BCUT2D eigenvalue weighted by molar-refractivity contribution is -0.00916. The fourth-order valence-corrected chi connectivity index (χ4v) is 2.66. The lowest BCUT2D eigenvalue weighted by atomic mass is 9.93. The van der Waals surface area contributed by atoms with Crippen LogP contribution in [0.1, 0.15) is 19.4 Å². The van der Waals surface area contributed by atoms with Gasteiger partial charge in [-0.05, 0) is 19.4 Å². The van der Waals surface area contributed by atoms with Crippen molar-refractivity contribution < 1.29 is 10.3 Å². The van der Waals surface area contributed by atoms with Crippen LogP contribution in [-0.4, -0.2) is 37.0 Å². The Bertz CT molecular complexity index is 860. The van der Waals surface area contributed by atoms with Crippen LogP contribution in [0.5, 0.6) is 0 Å². The molecule has 142 valence electrons. The van der Waals surface area contributed by atoms with E-state index in [9.17, 15) is 10.3 Å². The largest absolute Gasteiger partial charge is 0.394 e. The monoisotopic (exact) mass is 388 g/mol. The molecule has 0 fully saturated rings. The standard InChI is InChI=1S/C18H21ClN6O2/c1-13-11-24(8-9-25(13)27)23-17-20-10-15(19)16(21-17)22-18(2,12-26)14-6-4-3-5-7-14/h3-11,26-27H,12H2,1-2H3,(H2,20,21,22,23). The number of aliphatic hydroxyl groups excluding tert-OH is 1. The molecule has 1 aromatic carbocycles. The molecule has 0 bridgehead atoms. The Balaban J connectivity index is 1.82. The number of hydrogen-bond donors (Lipinski definition) is 4. The first kappa shape index (κ1) is 19.0. The molecule has 1 aliphatic heterocycles. The zero-order chi connectivity index (χ0) is 19.4. The van der Waals surface area contributed by atoms with Crippen molar-refractivity contribution in [2.24, 2.45) is 0 Å². The first-order valence-electron chi connectivity index (χ1n) is 8.28. The average molecular weight is 389 g/mol. The van der Waals surface area contributed by atoms with Crippen molar-refractivity contribution in [3.63, 3.8) is 0 Å². The number of aromatic nitrogens is 2. The quantitative estimate of drug-likeness (QED) is 0.599. The highest BCUT2D eigenvalue weighted by molar-refractivity contribution is 6.32. The lowest BCUT2D eigenvalue weighted by Gasteiger charge is -2.30. The van der Waals surface area contributed by atoms with Gasteiger partial charge in [-0.3, -0.25) is 15.6 Å². The number of benzene rings is 1. The third-order valence-electron chi connectivity index (χ3n) is 4.15. The summed E-state index contributed by atoms with van der Waals surface area (Å²) in [5.41, 5.74) is 3.74. The number of hydrazine groups is 1. The van der Waals surface area contributed by atoms with Crippen LogP contribution in [0.15, 0.2) is 60.8 Å². The van der Waals surface area contributed by atoms with Crippen LogP contribution in [0.25, 0.3) is 0 Å². The lowest BCUT2D eigenvalue weighted by Crippen LogP contribution is -2.36. The molecule has 1 aromatic heterocycles. The van der Waals surface area contributed by atoms with E-state index < -0.39 is 5.54 Å². The number of halogens is 1. The predicted octanol–water partition coefficient (Wildman–Crippen LogP) is 3.12. The molecule has 1 unspecified atom stereocenters. The number of hydrogen-bond acceptors (Lipinski definition) is 8. The third-order valence-corrected chi connectivity index (χ3v) is 4.43. The van der Waals surface area contributed by atoms with Crippen molar-refractivity contribution in [3.05, 3.63) is 71.4 Å². The molecular weight excluding hydrogens is 368 g/mol. The molecule has 0 saturated carbocycles. The van der Waals surface area contributed by atoms with Crippen LogP contribution in [-0.2, 0) is 5.54 Å². The van der Waals surface area contributed by atoms with E-state index >= 15 is 0 Å². The Morgan fingerprint density at radius 2 is 1.96 bits per heavy atom.